The van der Waals surface area contributed by atoms with E-state index in [2.05, 4.69) is 23.3 Å². The molecule has 0 atom stereocenters. The van der Waals surface area contributed by atoms with Gasteiger partial charge in [-0.2, -0.15) is 0 Å². The maximum Gasteiger partial charge on any atom is 0.333 e. The minimum absolute atomic E-state index is 0.240. The van der Waals surface area contributed by atoms with Gasteiger partial charge >= 0.3 is 6.03 Å². The van der Waals surface area contributed by atoms with Crippen LogP contribution in [0.1, 0.15) is 32.1 Å². The van der Waals surface area contributed by atoms with Gasteiger partial charge in [0, 0.05) is 6.04 Å². The van der Waals surface area contributed by atoms with Gasteiger partial charge in [-0.25, -0.2) is 9.10 Å². The van der Waals surface area contributed by atoms with Gasteiger partial charge in [-0.3, -0.25) is 0 Å². The van der Waals surface area contributed by atoms with Gasteiger partial charge in [0.2, 0.25) is 0 Å². The largest absolute Gasteiger partial charge is 0.354 e. The summed E-state index contributed by atoms with van der Waals surface area (Å²) in [4.78, 5) is 12.2. The van der Waals surface area contributed by atoms with E-state index >= 15 is 0 Å². The lowest BCUT2D eigenvalue weighted by Crippen LogP contribution is -2.42. The molecule has 1 aliphatic carbocycles. The van der Waals surface area contributed by atoms with Crippen LogP contribution in [0.25, 0.3) is 11.0 Å². The molecule has 20 heavy (non-hydrogen) atoms. The number of hydrogen-bond donors (Lipinski definition) is 2. The maximum absolute atomic E-state index is 12.2. The third-order valence-electron chi connectivity index (χ3n) is 3.68. The molecular formula is C14H17N3O2S. The van der Waals surface area contributed by atoms with Crippen LogP contribution in [0.3, 0.4) is 0 Å². The summed E-state index contributed by atoms with van der Waals surface area (Å²) >= 11 is 4.25. The molecule has 3 rings (SSSR count). The van der Waals surface area contributed by atoms with Gasteiger partial charge in [-0.15, -0.1) is 0 Å². The smallest absolute Gasteiger partial charge is 0.333 e. The number of aromatic nitrogens is 1. The van der Waals surface area contributed by atoms with Gasteiger partial charge in [-0.05, 0) is 25.0 Å². The molecule has 1 aliphatic rings. The van der Waals surface area contributed by atoms with E-state index in [0.29, 0.717) is 11.4 Å². The molecule has 0 radical (unpaired) electrons. The Morgan fingerprint density at radius 2 is 2.05 bits per heavy atom. The second kappa shape index (κ2) is 5.75. The average Bonchev–Trinajstić information content (AvgIpc) is 2.91. The Bertz CT molecular complexity index is 607. The summed E-state index contributed by atoms with van der Waals surface area (Å²) in [6.45, 7) is 0. The van der Waals surface area contributed by atoms with Crippen molar-refractivity contribution in [3.63, 3.8) is 0 Å². The molecular weight excluding hydrogens is 274 g/mol. The first-order valence-electron chi connectivity index (χ1n) is 6.89. The van der Waals surface area contributed by atoms with Crippen LogP contribution >= 0.6 is 12.8 Å². The minimum Gasteiger partial charge on any atom is -0.354 e. The Labute approximate surface area is 122 Å². The number of rotatable bonds is 2. The first-order chi connectivity index (χ1) is 9.75. The van der Waals surface area contributed by atoms with E-state index in [1.165, 1.54) is 23.6 Å². The number of benzene rings is 1. The number of carbonyl (C=O) groups is 1. The number of thiol groups is 1. The van der Waals surface area contributed by atoms with E-state index in [1.54, 1.807) is 0 Å². The van der Waals surface area contributed by atoms with Crippen molar-refractivity contribution in [3.05, 3.63) is 24.3 Å². The molecule has 1 N–H and O–H groups in total. The quantitative estimate of drug-likeness (QED) is 0.832. The highest BCUT2D eigenvalue weighted by Gasteiger charge is 2.22. The van der Waals surface area contributed by atoms with Gasteiger partial charge in [0.1, 0.15) is 0 Å². The number of carbonyl (C=O) groups excluding carboxylic acids is 1. The molecule has 0 saturated heterocycles. The number of nitrogens with zero attached hydrogens (tertiary/aromatic N) is 2. The highest BCUT2D eigenvalue weighted by molar-refractivity contribution is 7.82. The number of anilines is 1. The van der Waals surface area contributed by atoms with Gasteiger partial charge in [0.25, 0.3) is 0 Å². The number of para-hydroxylation sites is 1. The Balaban J connectivity index is 1.74. The Kier molecular flexibility index (Phi) is 3.82. The molecule has 1 fully saturated rings. The van der Waals surface area contributed by atoms with Gasteiger partial charge in [0.05, 0.1) is 5.39 Å². The molecule has 0 unspecified atom stereocenters. The van der Waals surface area contributed by atoms with E-state index in [1.807, 2.05) is 24.3 Å². The molecule has 0 bridgehead atoms. The molecule has 1 aromatic heterocycles. The Morgan fingerprint density at radius 1 is 1.30 bits per heavy atom. The molecule has 5 nitrogen and oxygen atoms in total. The summed E-state index contributed by atoms with van der Waals surface area (Å²) in [5.74, 6) is 0.428. The fourth-order valence-electron chi connectivity index (χ4n) is 2.60. The predicted molar refractivity (Wildman–Crippen MR) is 80.9 cm³/mol. The van der Waals surface area contributed by atoms with Crippen LogP contribution in [0.5, 0.6) is 0 Å². The summed E-state index contributed by atoms with van der Waals surface area (Å²) in [6.07, 6.45) is 5.67. The Hall–Kier alpha value is -1.69. The van der Waals surface area contributed by atoms with Crippen molar-refractivity contribution in [2.45, 2.75) is 38.1 Å². The molecule has 1 saturated carbocycles. The van der Waals surface area contributed by atoms with Gasteiger partial charge < -0.3 is 9.84 Å². The second-order valence-electron chi connectivity index (χ2n) is 5.10. The third kappa shape index (κ3) is 2.60. The van der Waals surface area contributed by atoms with Crippen LogP contribution in [0.15, 0.2) is 28.8 Å². The lowest BCUT2D eigenvalue weighted by atomic mass is 9.96. The number of urea groups is 1. The standard InChI is InChI=1S/C14H17N3O2S/c18-14(15-10-6-2-1-3-7-10)17(20)13-11-8-4-5-9-12(11)19-16-13/h4-5,8-10,20H,1-3,6-7H2,(H,15,18). The normalized spacial score (nSPS) is 16.2. The number of amides is 2. The van der Waals surface area contributed by atoms with Crippen LogP contribution in [0.2, 0.25) is 0 Å². The minimum atomic E-state index is -0.251. The van der Waals surface area contributed by atoms with Crippen molar-refractivity contribution in [1.29, 1.82) is 0 Å². The first-order valence-corrected chi connectivity index (χ1v) is 7.29. The zero-order valence-electron chi connectivity index (χ0n) is 11.1. The van der Waals surface area contributed by atoms with E-state index in [-0.39, 0.29) is 12.1 Å². The third-order valence-corrected chi connectivity index (χ3v) is 4.06. The SMILES string of the molecule is O=C(NC1CCCCC1)N(S)c1noc2ccccc12. The van der Waals surface area contributed by atoms with Gasteiger partial charge in [0.15, 0.2) is 11.4 Å². The van der Waals surface area contributed by atoms with Crippen molar-refractivity contribution in [2.24, 2.45) is 0 Å². The van der Waals surface area contributed by atoms with Crippen molar-refractivity contribution < 1.29 is 9.32 Å². The summed E-state index contributed by atoms with van der Waals surface area (Å²) in [5, 5.41) is 7.70. The van der Waals surface area contributed by atoms with E-state index in [9.17, 15) is 4.79 Å². The topological polar surface area (TPSA) is 58.4 Å². The van der Waals surface area contributed by atoms with Gasteiger partial charge in [-0.1, -0.05) is 49.4 Å². The van der Waals surface area contributed by atoms with Crippen molar-refractivity contribution in [2.75, 3.05) is 4.31 Å². The molecule has 1 aromatic carbocycles. The molecule has 0 aliphatic heterocycles. The van der Waals surface area contributed by atoms with Crippen LogP contribution in [-0.2, 0) is 0 Å². The van der Waals surface area contributed by atoms with Crippen LogP contribution in [0, 0.1) is 0 Å². The number of hydrogen-bond acceptors (Lipinski definition) is 4. The zero-order chi connectivity index (χ0) is 13.9. The lowest BCUT2D eigenvalue weighted by molar-refractivity contribution is 0.241. The van der Waals surface area contributed by atoms with E-state index < -0.39 is 0 Å². The molecule has 106 valence electrons. The van der Waals surface area contributed by atoms with E-state index in [0.717, 1.165) is 18.2 Å². The van der Waals surface area contributed by atoms with E-state index in [4.69, 9.17) is 4.52 Å². The lowest BCUT2D eigenvalue weighted by Gasteiger charge is -2.24. The number of nitrogens with one attached hydrogen (secondary N) is 1. The van der Waals surface area contributed by atoms with Crippen molar-refractivity contribution >= 4 is 35.6 Å². The van der Waals surface area contributed by atoms with Crippen LogP contribution < -0.4 is 9.62 Å². The molecule has 6 heteroatoms. The number of fused-ring (bicyclic) bond motifs is 1. The highest BCUT2D eigenvalue weighted by Crippen LogP contribution is 2.27. The molecule has 0 spiro atoms. The van der Waals surface area contributed by atoms with Crippen LogP contribution in [0.4, 0.5) is 10.6 Å². The maximum atomic E-state index is 12.2. The highest BCUT2D eigenvalue weighted by atomic mass is 32.1. The molecule has 1 heterocycles. The summed E-state index contributed by atoms with van der Waals surface area (Å²) in [5.41, 5.74) is 0.645. The second-order valence-corrected chi connectivity index (χ2v) is 5.50. The zero-order valence-corrected chi connectivity index (χ0v) is 12.0. The summed E-state index contributed by atoms with van der Waals surface area (Å²) in [6, 6.07) is 7.40. The Morgan fingerprint density at radius 3 is 2.85 bits per heavy atom. The molecule has 2 amide bonds. The van der Waals surface area contributed by atoms with Crippen molar-refractivity contribution in [1.82, 2.24) is 10.5 Å². The van der Waals surface area contributed by atoms with Crippen LogP contribution in [-0.4, -0.2) is 17.2 Å². The monoisotopic (exact) mass is 291 g/mol. The fraction of sp³-hybridized carbons (Fsp3) is 0.429. The van der Waals surface area contributed by atoms with Crippen molar-refractivity contribution in [3.8, 4) is 0 Å². The fourth-order valence-corrected chi connectivity index (χ4v) is 2.81. The predicted octanol–water partition coefficient (Wildman–Crippen LogP) is 3.52. The summed E-state index contributed by atoms with van der Waals surface area (Å²) in [7, 11) is 0. The average molecular weight is 291 g/mol. The molecule has 2 aromatic rings. The first kappa shape index (κ1) is 13.3. The summed E-state index contributed by atoms with van der Waals surface area (Å²) < 4.78 is 6.41.